The normalized spacial score (nSPS) is 11.5. The highest BCUT2D eigenvalue weighted by atomic mass is 32.1. The van der Waals surface area contributed by atoms with Gasteiger partial charge in [0.05, 0.1) is 49.9 Å². The molecule has 2 heterocycles. The molecule has 0 saturated carbocycles. The van der Waals surface area contributed by atoms with Gasteiger partial charge in [-0.25, -0.2) is 9.37 Å². The van der Waals surface area contributed by atoms with Gasteiger partial charge in [-0.15, -0.1) is 0 Å². The second-order valence-electron chi connectivity index (χ2n) is 9.46. The summed E-state index contributed by atoms with van der Waals surface area (Å²) in [5.41, 5.74) is 10.1. The number of nitrogen functional groups attached to an aromatic ring is 1. The lowest BCUT2D eigenvalue weighted by Gasteiger charge is -2.10. The van der Waals surface area contributed by atoms with E-state index in [0.29, 0.717) is 57.9 Å². The number of hydrogen-bond donors (Lipinski definition) is 2. The van der Waals surface area contributed by atoms with Crippen LogP contribution in [0.4, 0.5) is 9.52 Å². The van der Waals surface area contributed by atoms with E-state index in [1.54, 1.807) is 0 Å². The molecule has 10 heteroatoms. The molecule has 0 radical (unpaired) electrons. The number of fused-ring (bicyclic) bond motifs is 2. The number of rotatable bonds is 17. The SMILES string of the molecule is Nc1nc2ccc(OCCOCCOCCOCCNCc3cccc4c3ccn4Cc3ccc(F)cc3)cc2s1. The first-order valence-electron chi connectivity index (χ1n) is 13.7. The number of hydrogen-bond acceptors (Lipinski definition) is 8. The van der Waals surface area contributed by atoms with Crippen LogP contribution in [0.3, 0.4) is 0 Å². The number of halogens is 1. The predicted octanol–water partition coefficient (Wildman–Crippen LogP) is 5.24. The highest BCUT2D eigenvalue weighted by Crippen LogP contribution is 2.27. The van der Waals surface area contributed by atoms with Crippen molar-refractivity contribution in [3.05, 3.63) is 89.9 Å². The van der Waals surface area contributed by atoms with E-state index in [9.17, 15) is 4.39 Å². The molecule has 0 atom stereocenters. The average molecular weight is 579 g/mol. The molecule has 0 saturated heterocycles. The zero-order valence-electron chi connectivity index (χ0n) is 22.9. The maximum absolute atomic E-state index is 13.2. The van der Waals surface area contributed by atoms with Crippen molar-refractivity contribution < 1.29 is 23.3 Å². The lowest BCUT2D eigenvalue weighted by molar-refractivity contribution is 0.00983. The minimum Gasteiger partial charge on any atom is -0.491 e. The van der Waals surface area contributed by atoms with Crippen molar-refractivity contribution >= 4 is 37.6 Å². The van der Waals surface area contributed by atoms with Crippen molar-refractivity contribution in [2.75, 3.05) is 58.5 Å². The molecule has 3 N–H and O–H groups in total. The molecule has 3 aromatic carbocycles. The summed E-state index contributed by atoms with van der Waals surface area (Å²) >= 11 is 1.45. The summed E-state index contributed by atoms with van der Waals surface area (Å²) in [7, 11) is 0. The Balaban J connectivity index is 0.882. The fraction of sp³-hybridized carbons (Fsp3) is 0.323. The number of thiazole rings is 1. The van der Waals surface area contributed by atoms with Crippen molar-refractivity contribution in [3.63, 3.8) is 0 Å². The quantitative estimate of drug-likeness (QED) is 0.146. The highest BCUT2D eigenvalue weighted by molar-refractivity contribution is 7.22. The molecule has 0 bridgehead atoms. The number of anilines is 1. The van der Waals surface area contributed by atoms with E-state index >= 15 is 0 Å². The Hall–Kier alpha value is -3.54. The molecule has 0 spiro atoms. The summed E-state index contributed by atoms with van der Waals surface area (Å²) in [6.45, 7) is 5.86. The van der Waals surface area contributed by atoms with Crippen molar-refractivity contribution in [2.24, 2.45) is 0 Å². The minimum absolute atomic E-state index is 0.215. The van der Waals surface area contributed by atoms with Crippen LogP contribution in [0.25, 0.3) is 21.1 Å². The molecule has 0 unspecified atom stereocenters. The van der Waals surface area contributed by atoms with Gasteiger partial charge in [0, 0.05) is 36.7 Å². The number of benzene rings is 3. The third-order valence-corrected chi connectivity index (χ3v) is 7.37. The molecule has 41 heavy (non-hydrogen) atoms. The standard InChI is InChI=1S/C31H35FN4O4S/c32-25-6-4-23(5-7-25)22-36-12-10-27-24(2-1-3-29(27)36)21-34-11-13-37-14-15-38-16-17-39-18-19-40-26-8-9-28-30(20-26)41-31(33)35-28/h1-10,12,20,34H,11,13-19,21-22H2,(H2,33,35). The van der Waals surface area contributed by atoms with Crippen LogP contribution in [0.15, 0.2) is 72.9 Å². The minimum atomic E-state index is -0.215. The lowest BCUT2D eigenvalue weighted by atomic mass is 10.1. The topological polar surface area (TPSA) is 92.8 Å². The van der Waals surface area contributed by atoms with E-state index in [4.69, 9.17) is 24.7 Å². The smallest absolute Gasteiger partial charge is 0.181 e. The molecule has 0 aliphatic rings. The number of nitrogens with zero attached hydrogens (tertiary/aromatic N) is 2. The lowest BCUT2D eigenvalue weighted by Crippen LogP contribution is -2.20. The van der Waals surface area contributed by atoms with E-state index in [1.807, 2.05) is 30.3 Å². The molecule has 5 aromatic rings. The summed E-state index contributed by atoms with van der Waals surface area (Å²) in [4.78, 5) is 4.24. The number of nitrogens with two attached hydrogens (primary N) is 1. The molecule has 216 valence electrons. The molecule has 8 nitrogen and oxygen atoms in total. The first-order valence-corrected chi connectivity index (χ1v) is 14.5. The summed E-state index contributed by atoms with van der Waals surface area (Å²) in [6, 6.07) is 20.9. The maximum Gasteiger partial charge on any atom is 0.181 e. The van der Waals surface area contributed by atoms with Gasteiger partial charge in [-0.3, -0.25) is 0 Å². The number of aromatic nitrogens is 2. The van der Waals surface area contributed by atoms with Gasteiger partial charge in [0.15, 0.2) is 5.13 Å². The zero-order valence-corrected chi connectivity index (χ0v) is 23.7. The van der Waals surface area contributed by atoms with Gasteiger partial charge in [0.2, 0.25) is 0 Å². The summed E-state index contributed by atoms with van der Waals surface area (Å²) in [6.07, 6.45) is 2.08. The second kappa shape index (κ2) is 14.9. The molecule has 0 amide bonds. The van der Waals surface area contributed by atoms with Gasteiger partial charge in [-0.05, 0) is 53.6 Å². The molecule has 0 aliphatic heterocycles. The van der Waals surface area contributed by atoms with Crippen LogP contribution >= 0.6 is 11.3 Å². The summed E-state index contributed by atoms with van der Waals surface area (Å²) in [5.74, 6) is 0.565. The predicted molar refractivity (Wildman–Crippen MR) is 161 cm³/mol. The van der Waals surface area contributed by atoms with E-state index in [-0.39, 0.29) is 5.82 Å². The summed E-state index contributed by atoms with van der Waals surface area (Å²) < 4.78 is 39.0. The van der Waals surface area contributed by atoms with Gasteiger partial charge in [0.1, 0.15) is 18.2 Å². The van der Waals surface area contributed by atoms with Gasteiger partial charge < -0.3 is 34.6 Å². The summed E-state index contributed by atoms with van der Waals surface area (Å²) in [5, 5.41) is 5.23. The fourth-order valence-corrected chi connectivity index (χ4v) is 5.27. The molecular formula is C31H35FN4O4S. The number of nitrogens with one attached hydrogen (secondary N) is 1. The van der Waals surface area contributed by atoms with E-state index < -0.39 is 0 Å². The molecule has 0 aliphatic carbocycles. The Bertz CT molecular complexity index is 1520. The van der Waals surface area contributed by atoms with Crippen LogP contribution in [0.1, 0.15) is 11.1 Å². The Labute approximate surface area is 242 Å². The number of ether oxygens (including phenoxy) is 4. The van der Waals surface area contributed by atoms with E-state index in [2.05, 4.69) is 45.3 Å². The highest BCUT2D eigenvalue weighted by Gasteiger charge is 2.07. The van der Waals surface area contributed by atoms with Crippen LogP contribution in [0.5, 0.6) is 5.75 Å². The fourth-order valence-electron chi connectivity index (χ4n) is 4.51. The van der Waals surface area contributed by atoms with Crippen molar-refractivity contribution in [1.82, 2.24) is 14.9 Å². The molecule has 2 aromatic heterocycles. The first-order chi connectivity index (χ1) is 20.2. The largest absolute Gasteiger partial charge is 0.491 e. The average Bonchev–Trinajstić information content (AvgIpc) is 3.56. The Morgan fingerprint density at radius 1 is 0.854 bits per heavy atom. The Morgan fingerprint density at radius 2 is 1.61 bits per heavy atom. The van der Waals surface area contributed by atoms with Crippen molar-refractivity contribution in [3.8, 4) is 5.75 Å². The van der Waals surface area contributed by atoms with Gasteiger partial charge in [-0.1, -0.05) is 35.6 Å². The van der Waals surface area contributed by atoms with E-state index in [1.165, 1.54) is 39.9 Å². The molecule has 0 fully saturated rings. The zero-order chi connectivity index (χ0) is 28.3. The molecule has 5 rings (SSSR count). The van der Waals surface area contributed by atoms with Gasteiger partial charge >= 0.3 is 0 Å². The Kier molecular flexibility index (Phi) is 10.5. The van der Waals surface area contributed by atoms with Crippen LogP contribution < -0.4 is 15.8 Å². The van der Waals surface area contributed by atoms with Crippen LogP contribution in [-0.2, 0) is 27.3 Å². The monoisotopic (exact) mass is 578 g/mol. The van der Waals surface area contributed by atoms with Crippen molar-refractivity contribution in [1.29, 1.82) is 0 Å². The maximum atomic E-state index is 13.2. The molecular weight excluding hydrogens is 543 g/mol. The third kappa shape index (κ3) is 8.48. The van der Waals surface area contributed by atoms with Crippen LogP contribution in [0, 0.1) is 5.82 Å². The van der Waals surface area contributed by atoms with Gasteiger partial charge in [-0.2, -0.15) is 0 Å². The van der Waals surface area contributed by atoms with E-state index in [0.717, 1.165) is 34.6 Å². The third-order valence-electron chi connectivity index (χ3n) is 6.53. The van der Waals surface area contributed by atoms with Crippen molar-refractivity contribution in [2.45, 2.75) is 13.1 Å². The van der Waals surface area contributed by atoms with Crippen LogP contribution in [-0.4, -0.2) is 62.3 Å². The van der Waals surface area contributed by atoms with Crippen LogP contribution in [0.2, 0.25) is 0 Å². The first kappa shape index (κ1) is 29.0. The van der Waals surface area contributed by atoms with Gasteiger partial charge in [0.25, 0.3) is 0 Å². The second-order valence-corrected chi connectivity index (χ2v) is 10.5. The Morgan fingerprint density at radius 3 is 2.41 bits per heavy atom.